The third-order valence-corrected chi connectivity index (χ3v) is 2.02. The van der Waals surface area contributed by atoms with E-state index in [-0.39, 0.29) is 18.2 Å². The van der Waals surface area contributed by atoms with Crippen LogP contribution >= 0.6 is 12.4 Å². The minimum Gasteiger partial charge on any atom is -0.405 e. The van der Waals surface area contributed by atoms with Gasteiger partial charge < -0.3 is 16.2 Å². The molecule has 4 N–H and O–H groups in total. The molecule has 0 aliphatic heterocycles. The Balaban J connectivity index is 0.00000256. The molecule has 0 bridgehead atoms. The number of rotatable bonds is 4. The Hall–Kier alpha value is -0.980. The van der Waals surface area contributed by atoms with Crippen molar-refractivity contribution in [3.63, 3.8) is 0 Å². The predicted molar refractivity (Wildman–Crippen MR) is 61.0 cm³/mol. The molecule has 0 spiro atoms. The van der Waals surface area contributed by atoms with Crippen LogP contribution in [0.4, 0.5) is 13.2 Å². The lowest BCUT2D eigenvalue weighted by Crippen LogP contribution is -2.21. The fourth-order valence-electron chi connectivity index (χ4n) is 1.34. The zero-order valence-corrected chi connectivity index (χ0v) is 9.72. The van der Waals surface area contributed by atoms with Gasteiger partial charge in [0.25, 0.3) is 0 Å². The van der Waals surface area contributed by atoms with E-state index in [2.05, 4.69) is 4.74 Å². The molecule has 0 saturated carbocycles. The summed E-state index contributed by atoms with van der Waals surface area (Å²) in [5.74, 6) is -0.268. The minimum atomic E-state index is -4.71. The van der Waals surface area contributed by atoms with Gasteiger partial charge in [-0.3, -0.25) is 0 Å². The van der Waals surface area contributed by atoms with E-state index in [1.165, 1.54) is 18.2 Å². The summed E-state index contributed by atoms with van der Waals surface area (Å²) in [7, 11) is 0. The molecule has 17 heavy (non-hydrogen) atoms. The van der Waals surface area contributed by atoms with Crippen molar-refractivity contribution in [2.45, 2.75) is 18.8 Å². The van der Waals surface area contributed by atoms with Gasteiger partial charge in [-0.15, -0.1) is 25.6 Å². The van der Waals surface area contributed by atoms with E-state index in [4.69, 9.17) is 11.5 Å². The highest BCUT2D eigenvalue weighted by Gasteiger charge is 2.32. The van der Waals surface area contributed by atoms with E-state index in [9.17, 15) is 13.2 Å². The number of hydrogen-bond acceptors (Lipinski definition) is 3. The highest BCUT2D eigenvalue weighted by Crippen LogP contribution is 2.30. The summed E-state index contributed by atoms with van der Waals surface area (Å²) < 4.78 is 40.1. The van der Waals surface area contributed by atoms with Gasteiger partial charge in [0.2, 0.25) is 0 Å². The third kappa shape index (κ3) is 5.25. The van der Waals surface area contributed by atoms with Crippen LogP contribution in [0.3, 0.4) is 0 Å². The van der Waals surface area contributed by atoms with Crippen LogP contribution in [0.25, 0.3) is 0 Å². The van der Waals surface area contributed by atoms with Crippen LogP contribution in [-0.4, -0.2) is 12.9 Å². The summed E-state index contributed by atoms with van der Waals surface area (Å²) in [6.45, 7) is 0.307. The molecular formula is C10H14ClF3N2O. The molecule has 7 heteroatoms. The molecule has 98 valence electrons. The van der Waals surface area contributed by atoms with Crippen LogP contribution in [-0.2, 0) is 0 Å². The standard InChI is InChI=1S/C10H13F3N2O.ClH/c11-10(12,13)16-9-4-2-1-3-7(9)8(15)5-6-14;/h1-4,8H,5-6,14-15H2;1H/t8-;/m1./s1. The van der Waals surface area contributed by atoms with Crippen molar-refractivity contribution in [3.8, 4) is 5.75 Å². The smallest absolute Gasteiger partial charge is 0.405 e. The maximum Gasteiger partial charge on any atom is 0.573 e. The predicted octanol–water partition coefficient (Wildman–Crippen LogP) is 2.36. The van der Waals surface area contributed by atoms with Crippen LogP contribution in [0, 0.1) is 0 Å². The Morgan fingerprint density at radius 3 is 2.35 bits per heavy atom. The van der Waals surface area contributed by atoms with Crippen LogP contribution in [0.15, 0.2) is 24.3 Å². The average Bonchev–Trinajstić information content (AvgIpc) is 2.16. The molecule has 0 radical (unpaired) electrons. The SMILES string of the molecule is Cl.NCC[C@@H](N)c1ccccc1OC(F)(F)F. The molecule has 0 amide bonds. The Bertz CT molecular complexity index is 347. The molecule has 3 nitrogen and oxygen atoms in total. The number of nitrogens with two attached hydrogens (primary N) is 2. The van der Waals surface area contributed by atoms with Crippen LogP contribution < -0.4 is 16.2 Å². The van der Waals surface area contributed by atoms with Gasteiger partial charge in [-0.1, -0.05) is 18.2 Å². The average molecular weight is 271 g/mol. The number of ether oxygens (including phenoxy) is 1. The second-order valence-electron chi connectivity index (χ2n) is 3.27. The monoisotopic (exact) mass is 270 g/mol. The maximum absolute atomic E-state index is 12.1. The number of para-hydroxylation sites is 1. The van der Waals surface area contributed by atoms with Gasteiger partial charge in [0.15, 0.2) is 0 Å². The third-order valence-electron chi connectivity index (χ3n) is 2.02. The van der Waals surface area contributed by atoms with Crippen LogP contribution in [0.1, 0.15) is 18.0 Å². The summed E-state index contributed by atoms with van der Waals surface area (Å²) in [5.41, 5.74) is 11.3. The van der Waals surface area contributed by atoms with Crippen LogP contribution in [0.5, 0.6) is 5.75 Å². The van der Waals surface area contributed by atoms with Gasteiger partial charge in [0, 0.05) is 11.6 Å². The summed E-state index contributed by atoms with van der Waals surface area (Å²) in [6, 6.07) is 5.25. The van der Waals surface area contributed by atoms with E-state index in [0.29, 0.717) is 18.5 Å². The van der Waals surface area contributed by atoms with Crippen molar-refractivity contribution in [3.05, 3.63) is 29.8 Å². The molecule has 0 heterocycles. The summed E-state index contributed by atoms with van der Waals surface area (Å²) in [5, 5.41) is 0. The van der Waals surface area contributed by atoms with Crippen molar-refractivity contribution in [1.29, 1.82) is 0 Å². The van der Waals surface area contributed by atoms with Gasteiger partial charge >= 0.3 is 6.36 Å². The molecule has 1 aromatic rings. The number of benzene rings is 1. The van der Waals surface area contributed by atoms with Gasteiger partial charge in [0.1, 0.15) is 5.75 Å². The van der Waals surface area contributed by atoms with Gasteiger partial charge in [-0.2, -0.15) is 0 Å². The van der Waals surface area contributed by atoms with E-state index in [1.54, 1.807) is 6.07 Å². The van der Waals surface area contributed by atoms with Crippen molar-refractivity contribution < 1.29 is 17.9 Å². The van der Waals surface area contributed by atoms with Gasteiger partial charge in [-0.25, -0.2) is 0 Å². The molecule has 0 aliphatic rings. The summed E-state index contributed by atoms with van der Waals surface area (Å²) in [6.07, 6.45) is -4.31. The highest BCUT2D eigenvalue weighted by molar-refractivity contribution is 5.85. The number of alkyl halides is 3. The second kappa shape index (κ2) is 6.68. The van der Waals surface area contributed by atoms with Crippen molar-refractivity contribution >= 4 is 12.4 Å². The normalized spacial score (nSPS) is 12.8. The van der Waals surface area contributed by atoms with Gasteiger partial charge in [-0.05, 0) is 19.0 Å². The topological polar surface area (TPSA) is 61.3 Å². The lowest BCUT2D eigenvalue weighted by molar-refractivity contribution is -0.275. The first kappa shape index (κ1) is 16.0. The van der Waals surface area contributed by atoms with Crippen molar-refractivity contribution in [2.24, 2.45) is 11.5 Å². The first-order valence-corrected chi connectivity index (χ1v) is 4.74. The Kier molecular flexibility index (Phi) is 6.30. The summed E-state index contributed by atoms with van der Waals surface area (Å²) in [4.78, 5) is 0. The molecule has 0 aliphatic carbocycles. The Morgan fingerprint density at radius 1 is 1.24 bits per heavy atom. The second-order valence-corrected chi connectivity index (χ2v) is 3.27. The van der Waals surface area contributed by atoms with E-state index >= 15 is 0 Å². The molecule has 1 atom stereocenters. The first-order chi connectivity index (χ1) is 7.44. The lowest BCUT2D eigenvalue weighted by atomic mass is 10.0. The van der Waals surface area contributed by atoms with Gasteiger partial charge in [0.05, 0.1) is 0 Å². The fraction of sp³-hybridized carbons (Fsp3) is 0.400. The zero-order chi connectivity index (χ0) is 12.2. The fourth-order valence-corrected chi connectivity index (χ4v) is 1.34. The first-order valence-electron chi connectivity index (χ1n) is 4.74. The summed E-state index contributed by atoms with van der Waals surface area (Å²) >= 11 is 0. The highest BCUT2D eigenvalue weighted by atomic mass is 35.5. The molecule has 0 saturated heterocycles. The zero-order valence-electron chi connectivity index (χ0n) is 8.91. The molecule has 0 fully saturated rings. The van der Waals surface area contributed by atoms with Crippen molar-refractivity contribution in [2.75, 3.05) is 6.54 Å². The molecule has 0 unspecified atom stereocenters. The Morgan fingerprint density at radius 2 is 1.82 bits per heavy atom. The molecule has 1 aromatic carbocycles. The minimum absolute atomic E-state index is 0. The Labute approximate surface area is 103 Å². The van der Waals surface area contributed by atoms with Crippen molar-refractivity contribution in [1.82, 2.24) is 0 Å². The largest absolute Gasteiger partial charge is 0.573 e. The quantitative estimate of drug-likeness (QED) is 0.883. The molecule has 0 aromatic heterocycles. The van der Waals surface area contributed by atoms with E-state index in [0.717, 1.165) is 0 Å². The lowest BCUT2D eigenvalue weighted by Gasteiger charge is -2.17. The van der Waals surface area contributed by atoms with E-state index < -0.39 is 12.4 Å². The number of halogens is 4. The molecular weight excluding hydrogens is 257 g/mol. The number of hydrogen-bond donors (Lipinski definition) is 2. The van der Waals surface area contributed by atoms with E-state index in [1.807, 2.05) is 0 Å². The maximum atomic E-state index is 12.1. The molecule has 1 rings (SSSR count). The van der Waals surface area contributed by atoms with Crippen LogP contribution in [0.2, 0.25) is 0 Å².